The Hall–Kier alpha value is -1.77. The number of rotatable bonds is 5. The molecule has 1 saturated carbocycles. The molecule has 0 N–H and O–H groups in total. The van der Waals surface area contributed by atoms with Gasteiger partial charge >= 0.3 is 0 Å². The second kappa shape index (κ2) is 8.07. The minimum absolute atomic E-state index is 0.139. The molecule has 1 fully saturated rings. The van der Waals surface area contributed by atoms with E-state index >= 15 is 0 Å². The van der Waals surface area contributed by atoms with E-state index in [2.05, 4.69) is 6.92 Å². The average Bonchev–Trinajstić information content (AvgIpc) is 2.60. The number of hydrogen-bond acceptors (Lipinski definition) is 0. The number of unbranched alkanes of at least 4 members (excludes halogenated alkanes) is 1. The van der Waals surface area contributed by atoms with Gasteiger partial charge in [0.15, 0.2) is 0 Å². The van der Waals surface area contributed by atoms with Crippen molar-refractivity contribution in [3.63, 3.8) is 0 Å². The Morgan fingerprint density at radius 2 is 1.60 bits per heavy atom. The van der Waals surface area contributed by atoms with Crippen molar-refractivity contribution in [2.75, 3.05) is 0 Å². The van der Waals surface area contributed by atoms with Crippen molar-refractivity contribution in [2.24, 2.45) is 5.92 Å². The van der Waals surface area contributed by atoms with Crippen molar-refractivity contribution < 1.29 is 13.2 Å². The van der Waals surface area contributed by atoms with Gasteiger partial charge in [-0.05, 0) is 72.9 Å². The molecule has 3 heteroatoms. The Balaban J connectivity index is 1.77. The number of benzene rings is 2. The highest BCUT2D eigenvalue weighted by Gasteiger charge is 2.24. The summed E-state index contributed by atoms with van der Waals surface area (Å²) in [5, 5.41) is 0. The fourth-order valence-electron chi connectivity index (χ4n) is 4.03. The minimum atomic E-state index is -0.603. The molecule has 3 rings (SSSR count). The molecule has 2 aromatic rings. The standard InChI is InChI=1S/C22H25F3/c1-2-3-5-15-8-10-16(11-9-15)18-13-20(24)22(21(25)14-18)17-6-4-7-19(23)12-17/h4,6-7,12-16H,2-3,5,8-11H2,1H3. The van der Waals surface area contributed by atoms with Crippen LogP contribution in [0.5, 0.6) is 0 Å². The van der Waals surface area contributed by atoms with Crippen molar-refractivity contribution in [3.05, 3.63) is 59.4 Å². The molecule has 0 heterocycles. The van der Waals surface area contributed by atoms with E-state index in [1.807, 2.05) is 0 Å². The van der Waals surface area contributed by atoms with E-state index in [0.29, 0.717) is 0 Å². The lowest BCUT2D eigenvalue weighted by atomic mass is 9.77. The van der Waals surface area contributed by atoms with Crippen LogP contribution in [0, 0.1) is 23.4 Å². The van der Waals surface area contributed by atoms with Gasteiger partial charge < -0.3 is 0 Å². The first kappa shape index (κ1) is 18.0. The average molecular weight is 346 g/mol. The van der Waals surface area contributed by atoms with Crippen molar-refractivity contribution in [1.82, 2.24) is 0 Å². The minimum Gasteiger partial charge on any atom is -0.207 e. The topological polar surface area (TPSA) is 0 Å². The van der Waals surface area contributed by atoms with E-state index in [9.17, 15) is 13.2 Å². The van der Waals surface area contributed by atoms with E-state index in [1.54, 1.807) is 0 Å². The van der Waals surface area contributed by atoms with Crippen molar-refractivity contribution >= 4 is 0 Å². The zero-order chi connectivity index (χ0) is 17.8. The van der Waals surface area contributed by atoms with E-state index < -0.39 is 17.5 Å². The number of hydrogen-bond donors (Lipinski definition) is 0. The maximum atomic E-state index is 14.6. The first-order valence-electron chi connectivity index (χ1n) is 9.33. The summed E-state index contributed by atoms with van der Waals surface area (Å²) in [4.78, 5) is 0. The van der Waals surface area contributed by atoms with Gasteiger partial charge in [-0.2, -0.15) is 0 Å². The van der Waals surface area contributed by atoms with Gasteiger partial charge in [0.25, 0.3) is 0 Å². The Morgan fingerprint density at radius 3 is 2.20 bits per heavy atom. The maximum Gasteiger partial charge on any atom is 0.134 e. The summed E-state index contributed by atoms with van der Waals surface area (Å²) in [6.45, 7) is 2.21. The Labute approximate surface area is 148 Å². The van der Waals surface area contributed by atoms with Crippen LogP contribution >= 0.6 is 0 Å². The van der Waals surface area contributed by atoms with E-state index in [-0.39, 0.29) is 17.0 Å². The molecule has 25 heavy (non-hydrogen) atoms. The summed E-state index contributed by atoms with van der Waals surface area (Å²) in [5.74, 6) is -0.714. The monoisotopic (exact) mass is 346 g/mol. The van der Waals surface area contributed by atoms with Crippen LogP contribution in [0.4, 0.5) is 13.2 Å². The van der Waals surface area contributed by atoms with Gasteiger partial charge in [-0.15, -0.1) is 0 Å². The SMILES string of the molecule is CCCCC1CCC(c2cc(F)c(-c3cccc(F)c3)c(F)c2)CC1. The van der Waals surface area contributed by atoms with Crippen molar-refractivity contribution in [2.45, 2.75) is 57.8 Å². The zero-order valence-corrected chi connectivity index (χ0v) is 14.7. The second-order valence-electron chi connectivity index (χ2n) is 7.23. The summed E-state index contributed by atoms with van der Waals surface area (Å²) in [5.41, 5.74) is 0.841. The van der Waals surface area contributed by atoms with Gasteiger partial charge in [0.1, 0.15) is 17.5 Å². The normalized spacial score (nSPS) is 20.6. The lowest BCUT2D eigenvalue weighted by molar-refractivity contribution is 0.303. The quantitative estimate of drug-likeness (QED) is 0.535. The third kappa shape index (κ3) is 4.26. The van der Waals surface area contributed by atoms with E-state index in [4.69, 9.17) is 0 Å². The van der Waals surface area contributed by atoms with Crippen molar-refractivity contribution in [3.8, 4) is 11.1 Å². The van der Waals surface area contributed by atoms with Crippen LogP contribution in [0.3, 0.4) is 0 Å². The molecule has 0 radical (unpaired) electrons. The van der Waals surface area contributed by atoms with Gasteiger partial charge in [0, 0.05) is 0 Å². The molecule has 134 valence electrons. The van der Waals surface area contributed by atoms with Crippen molar-refractivity contribution in [1.29, 1.82) is 0 Å². The molecule has 0 amide bonds. The van der Waals surface area contributed by atoms with Crippen LogP contribution in [0.25, 0.3) is 11.1 Å². The predicted octanol–water partition coefficient (Wildman–Crippen LogP) is 7.23. The predicted molar refractivity (Wildman–Crippen MR) is 96.0 cm³/mol. The Kier molecular flexibility index (Phi) is 5.82. The van der Waals surface area contributed by atoms with Crippen LogP contribution in [-0.4, -0.2) is 0 Å². The molecule has 2 aromatic carbocycles. The molecular formula is C22H25F3. The van der Waals surface area contributed by atoms with Crippen LogP contribution in [0.15, 0.2) is 36.4 Å². The first-order chi connectivity index (χ1) is 12.1. The molecule has 0 bridgehead atoms. The smallest absolute Gasteiger partial charge is 0.134 e. The van der Waals surface area contributed by atoms with Crippen LogP contribution in [-0.2, 0) is 0 Å². The largest absolute Gasteiger partial charge is 0.207 e. The van der Waals surface area contributed by atoms with Gasteiger partial charge in [-0.3, -0.25) is 0 Å². The summed E-state index contributed by atoms with van der Waals surface area (Å²) in [6, 6.07) is 8.32. The molecule has 1 aliphatic rings. The third-order valence-electron chi connectivity index (χ3n) is 5.46. The van der Waals surface area contributed by atoms with Gasteiger partial charge in [0.05, 0.1) is 5.56 Å². The first-order valence-corrected chi connectivity index (χ1v) is 9.33. The molecular weight excluding hydrogens is 321 g/mol. The number of halogens is 3. The highest BCUT2D eigenvalue weighted by molar-refractivity contribution is 5.65. The Bertz CT molecular complexity index is 692. The fourth-order valence-corrected chi connectivity index (χ4v) is 4.03. The highest BCUT2D eigenvalue weighted by Crippen LogP contribution is 2.39. The van der Waals surface area contributed by atoms with Gasteiger partial charge in [-0.1, -0.05) is 38.3 Å². The van der Waals surface area contributed by atoms with Crippen LogP contribution in [0.1, 0.15) is 63.4 Å². The van der Waals surface area contributed by atoms with Gasteiger partial charge in [0.2, 0.25) is 0 Å². The maximum absolute atomic E-state index is 14.6. The molecule has 0 atom stereocenters. The Morgan fingerprint density at radius 1 is 0.920 bits per heavy atom. The molecule has 0 aromatic heterocycles. The molecule has 0 aliphatic heterocycles. The summed E-state index contributed by atoms with van der Waals surface area (Å²) >= 11 is 0. The highest BCUT2D eigenvalue weighted by atomic mass is 19.1. The van der Waals surface area contributed by atoms with E-state index in [0.717, 1.165) is 37.2 Å². The zero-order valence-electron chi connectivity index (χ0n) is 14.7. The molecule has 0 unspecified atom stereocenters. The van der Waals surface area contributed by atoms with E-state index in [1.165, 1.54) is 55.7 Å². The lowest BCUT2D eigenvalue weighted by Crippen LogP contribution is -2.14. The van der Waals surface area contributed by atoms with Crippen LogP contribution < -0.4 is 0 Å². The third-order valence-corrected chi connectivity index (χ3v) is 5.46. The summed E-state index contributed by atoms with van der Waals surface area (Å²) in [7, 11) is 0. The van der Waals surface area contributed by atoms with Gasteiger partial charge in [-0.25, -0.2) is 13.2 Å². The lowest BCUT2D eigenvalue weighted by Gasteiger charge is -2.29. The summed E-state index contributed by atoms with van der Waals surface area (Å²) in [6.07, 6.45) is 8.02. The molecule has 0 spiro atoms. The second-order valence-corrected chi connectivity index (χ2v) is 7.23. The van der Waals surface area contributed by atoms with Crippen LogP contribution in [0.2, 0.25) is 0 Å². The molecule has 0 saturated heterocycles. The molecule has 0 nitrogen and oxygen atoms in total. The summed E-state index contributed by atoms with van der Waals surface area (Å²) < 4.78 is 42.5. The fraction of sp³-hybridized carbons (Fsp3) is 0.455. The molecule has 1 aliphatic carbocycles.